The number of hydrogen-bond donors (Lipinski definition) is 4. The largest absolute Gasteiger partial charge is 0.395 e. The molecule has 0 radical (unpaired) electrons. The number of carbonyl (C=O) groups excluding carboxylic acids is 2. The van der Waals surface area contributed by atoms with Crippen molar-refractivity contribution < 1.29 is 14.7 Å². The number of aromatic amines is 1. The van der Waals surface area contributed by atoms with Crippen LogP contribution < -0.4 is 10.6 Å². The fraction of sp³-hybridized carbons (Fsp3) is 0.346. The second-order valence-electron chi connectivity index (χ2n) is 9.16. The van der Waals surface area contributed by atoms with E-state index in [1.807, 2.05) is 6.07 Å². The van der Waals surface area contributed by atoms with Crippen LogP contribution in [0.2, 0.25) is 10.0 Å². The standard InChI is InChI=1S/C26H27Cl2N7O3/c27-15-3-4-19-22(11-15)34-25(32-19)20(5-6-23(37)29-7-10-36)33-24-17-12-18(28)16(13-21(17)30-14-31-24)26(38)35-8-1-2-9-35/h3-4,11-14,20,36H,1-2,5-10H2,(H,29,37)(H,32,34)(H,30,31,33). The molecule has 38 heavy (non-hydrogen) atoms. The molecule has 4 aromatic rings. The van der Waals surface area contributed by atoms with Crippen molar-refractivity contribution in [2.75, 3.05) is 31.6 Å². The van der Waals surface area contributed by atoms with Crippen LogP contribution in [0.5, 0.6) is 0 Å². The molecule has 1 aliphatic heterocycles. The van der Waals surface area contributed by atoms with Crippen LogP contribution in [-0.2, 0) is 4.79 Å². The van der Waals surface area contributed by atoms with Crippen molar-refractivity contribution in [3.8, 4) is 0 Å². The molecule has 1 aliphatic rings. The van der Waals surface area contributed by atoms with Gasteiger partial charge >= 0.3 is 0 Å². The van der Waals surface area contributed by atoms with Crippen molar-refractivity contribution >= 4 is 62.8 Å². The first kappa shape index (κ1) is 26.1. The first-order valence-electron chi connectivity index (χ1n) is 12.5. The molecule has 0 spiro atoms. The van der Waals surface area contributed by atoms with Gasteiger partial charge in [-0.1, -0.05) is 23.2 Å². The first-order chi connectivity index (χ1) is 18.4. The van der Waals surface area contributed by atoms with Crippen LogP contribution >= 0.6 is 23.2 Å². The summed E-state index contributed by atoms with van der Waals surface area (Å²) in [5.41, 5.74) is 2.49. The summed E-state index contributed by atoms with van der Waals surface area (Å²) in [6.45, 7) is 1.50. The van der Waals surface area contributed by atoms with Gasteiger partial charge in [0.25, 0.3) is 5.91 Å². The predicted molar refractivity (Wildman–Crippen MR) is 146 cm³/mol. The Morgan fingerprint density at radius 1 is 1.11 bits per heavy atom. The zero-order chi connectivity index (χ0) is 26.6. The van der Waals surface area contributed by atoms with Gasteiger partial charge in [0.15, 0.2) is 0 Å². The summed E-state index contributed by atoms with van der Waals surface area (Å²) in [6.07, 6.45) is 3.97. The number of H-pyrrole nitrogens is 1. The Kier molecular flexibility index (Phi) is 7.92. The monoisotopic (exact) mass is 555 g/mol. The highest BCUT2D eigenvalue weighted by atomic mass is 35.5. The minimum atomic E-state index is -0.427. The number of hydrogen-bond acceptors (Lipinski definition) is 7. The number of amides is 2. The zero-order valence-corrected chi connectivity index (χ0v) is 22.0. The number of anilines is 1. The summed E-state index contributed by atoms with van der Waals surface area (Å²) in [4.78, 5) is 43.9. The van der Waals surface area contributed by atoms with Crippen molar-refractivity contribution in [2.45, 2.75) is 31.7 Å². The van der Waals surface area contributed by atoms with Crippen molar-refractivity contribution in [1.82, 2.24) is 30.2 Å². The van der Waals surface area contributed by atoms with E-state index < -0.39 is 6.04 Å². The summed E-state index contributed by atoms with van der Waals surface area (Å²) in [6, 6.07) is 8.35. The van der Waals surface area contributed by atoms with E-state index in [-0.39, 0.29) is 31.4 Å². The van der Waals surface area contributed by atoms with E-state index >= 15 is 0 Å². The number of aliphatic hydroxyl groups excluding tert-OH is 1. The van der Waals surface area contributed by atoms with Crippen LogP contribution in [0.15, 0.2) is 36.7 Å². The molecule has 4 N–H and O–H groups in total. The Morgan fingerprint density at radius 2 is 1.92 bits per heavy atom. The molecule has 12 heteroatoms. The molecule has 2 aromatic carbocycles. The number of likely N-dealkylation sites (tertiary alicyclic amines) is 1. The molecule has 2 aromatic heterocycles. The Hall–Kier alpha value is -3.47. The van der Waals surface area contributed by atoms with Gasteiger partial charge in [-0.3, -0.25) is 9.59 Å². The Balaban J connectivity index is 1.46. The molecule has 0 saturated carbocycles. The third kappa shape index (κ3) is 5.67. The second kappa shape index (κ2) is 11.5. The lowest BCUT2D eigenvalue weighted by Crippen LogP contribution is -2.28. The van der Waals surface area contributed by atoms with Gasteiger partial charge in [0.1, 0.15) is 18.0 Å². The van der Waals surface area contributed by atoms with Gasteiger partial charge in [0.2, 0.25) is 5.91 Å². The summed E-state index contributed by atoms with van der Waals surface area (Å²) < 4.78 is 0. The Labute approximate surface area is 228 Å². The normalized spacial score (nSPS) is 14.2. The van der Waals surface area contributed by atoms with Crippen LogP contribution in [0.1, 0.15) is 47.9 Å². The van der Waals surface area contributed by atoms with E-state index in [1.54, 1.807) is 29.2 Å². The highest BCUT2D eigenvalue weighted by Gasteiger charge is 2.24. The fourth-order valence-corrected chi connectivity index (χ4v) is 5.03. The number of nitrogens with one attached hydrogen (secondary N) is 3. The third-order valence-corrected chi connectivity index (χ3v) is 7.09. The van der Waals surface area contributed by atoms with Crippen molar-refractivity contribution in [3.05, 3.63) is 58.1 Å². The van der Waals surface area contributed by atoms with Crippen LogP contribution in [0.25, 0.3) is 21.9 Å². The van der Waals surface area contributed by atoms with Gasteiger partial charge < -0.3 is 25.6 Å². The molecule has 1 saturated heterocycles. The summed E-state index contributed by atoms with van der Waals surface area (Å²) in [5, 5.41) is 16.6. The lowest BCUT2D eigenvalue weighted by Gasteiger charge is -2.19. The van der Waals surface area contributed by atoms with Gasteiger partial charge in [-0.2, -0.15) is 0 Å². The number of imidazole rings is 1. The Morgan fingerprint density at radius 3 is 2.71 bits per heavy atom. The maximum Gasteiger partial charge on any atom is 0.255 e. The van der Waals surface area contributed by atoms with Gasteiger partial charge in [-0.05, 0) is 49.6 Å². The quantitative estimate of drug-likeness (QED) is 0.244. The average Bonchev–Trinajstić information content (AvgIpc) is 3.59. The SMILES string of the molecule is O=C(CCC(Nc1ncnc2cc(C(=O)N3CCCC3)c(Cl)cc12)c1nc2ccc(Cl)cc2[nH]1)NCCO. The van der Waals surface area contributed by atoms with Crippen molar-refractivity contribution in [1.29, 1.82) is 0 Å². The molecule has 3 heterocycles. The molecule has 1 atom stereocenters. The smallest absolute Gasteiger partial charge is 0.255 e. The molecule has 1 fully saturated rings. The molecule has 1 unspecified atom stereocenters. The van der Waals surface area contributed by atoms with E-state index in [0.29, 0.717) is 44.6 Å². The van der Waals surface area contributed by atoms with E-state index in [4.69, 9.17) is 33.3 Å². The van der Waals surface area contributed by atoms with E-state index in [0.717, 1.165) is 37.0 Å². The average molecular weight is 556 g/mol. The topological polar surface area (TPSA) is 136 Å². The molecule has 0 aliphatic carbocycles. The van der Waals surface area contributed by atoms with E-state index in [9.17, 15) is 9.59 Å². The predicted octanol–water partition coefficient (Wildman–Crippen LogP) is 4.09. The van der Waals surface area contributed by atoms with Crippen molar-refractivity contribution in [3.63, 3.8) is 0 Å². The third-order valence-electron chi connectivity index (χ3n) is 6.55. The number of fused-ring (bicyclic) bond motifs is 2. The van der Waals surface area contributed by atoms with Crippen molar-refractivity contribution in [2.24, 2.45) is 0 Å². The number of halogens is 2. The molecule has 10 nitrogen and oxygen atoms in total. The lowest BCUT2D eigenvalue weighted by molar-refractivity contribution is -0.121. The Bertz CT molecular complexity index is 1490. The number of aliphatic hydroxyl groups is 1. The molecule has 2 amide bonds. The second-order valence-corrected chi connectivity index (χ2v) is 10.0. The van der Waals surface area contributed by atoms with E-state index in [2.05, 4.69) is 25.6 Å². The lowest BCUT2D eigenvalue weighted by atomic mass is 10.1. The number of benzene rings is 2. The highest BCUT2D eigenvalue weighted by molar-refractivity contribution is 6.35. The first-order valence-corrected chi connectivity index (χ1v) is 13.2. The molecule has 0 bridgehead atoms. The molecular formula is C26H27Cl2N7O3. The van der Waals surface area contributed by atoms with Gasteiger partial charge in [-0.25, -0.2) is 15.0 Å². The minimum absolute atomic E-state index is 0.102. The van der Waals surface area contributed by atoms with Gasteiger partial charge in [-0.15, -0.1) is 0 Å². The summed E-state index contributed by atoms with van der Waals surface area (Å²) in [7, 11) is 0. The molecular weight excluding hydrogens is 529 g/mol. The highest BCUT2D eigenvalue weighted by Crippen LogP contribution is 2.31. The summed E-state index contributed by atoms with van der Waals surface area (Å²) >= 11 is 12.7. The number of carbonyl (C=O) groups is 2. The van der Waals surface area contributed by atoms with Crippen LogP contribution in [0, 0.1) is 0 Å². The van der Waals surface area contributed by atoms with Gasteiger partial charge in [0, 0.05) is 36.5 Å². The summed E-state index contributed by atoms with van der Waals surface area (Å²) in [5.74, 6) is 0.813. The van der Waals surface area contributed by atoms with E-state index in [1.165, 1.54) is 6.33 Å². The van der Waals surface area contributed by atoms with Gasteiger partial charge in [0.05, 0.1) is 39.8 Å². The number of nitrogens with zero attached hydrogens (tertiary/aromatic N) is 4. The van der Waals surface area contributed by atoms with Crippen LogP contribution in [0.3, 0.4) is 0 Å². The molecule has 198 valence electrons. The maximum absolute atomic E-state index is 13.0. The van der Waals surface area contributed by atoms with Crippen LogP contribution in [-0.4, -0.2) is 68.0 Å². The fourth-order valence-electron chi connectivity index (χ4n) is 4.61. The molecule has 5 rings (SSSR count). The number of aromatic nitrogens is 4. The number of rotatable bonds is 9. The zero-order valence-electron chi connectivity index (χ0n) is 20.5. The minimum Gasteiger partial charge on any atom is -0.395 e. The maximum atomic E-state index is 13.0. The van der Waals surface area contributed by atoms with Crippen LogP contribution in [0.4, 0.5) is 5.82 Å².